The Balaban J connectivity index is 2.15. The molecule has 0 aliphatic carbocycles. The molecule has 0 spiro atoms. The second kappa shape index (κ2) is 8.22. The number of hydrogen-bond donors (Lipinski definition) is 1. The van der Waals surface area contributed by atoms with E-state index in [0.717, 1.165) is 34.9 Å². The lowest BCUT2D eigenvalue weighted by Gasteiger charge is -2.11. The van der Waals surface area contributed by atoms with Crippen LogP contribution in [0, 0.1) is 24.4 Å². The number of carbonyl (C=O) groups excluding carboxylic acids is 2. The number of aromatic nitrogens is 1. The average Bonchev–Trinajstić information content (AvgIpc) is 2.94. The zero-order chi connectivity index (χ0) is 22.2. The molecular weight excluding hydrogens is 399 g/mol. The van der Waals surface area contributed by atoms with Crippen LogP contribution in [0.2, 0.25) is 0 Å². The zero-order valence-corrected chi connectivity index (χ0v) is 16.6. The van der Waals surface area contributed by atoms with Gasteiger partial charge in [0.2, 0.25) is 0 Å². The maximum absolute atomic E-state index is 14.1. The Hall–Kier alpha value is -3.29. The summed E-state index contributed by atoms with van der Waals surface area (Å²) in [5.41, 5.74) is 0.593. The number of halogens is 3. The van der Waals surface area contributed by atoms with Gasteiger partial charge in [0.1, 0.15) is 0 Å². The van der Waals surface area contributed by atoms with Crippen LogP contribution in [0.25, 0.3) is 10.9 Å². The number of esters is 1. The van der Waals surface area contributed by atoms with Gasteiger partial charge in [-0.05, 0) is 50.1 Å². The van der Waals surface area contributed by atoms with Gasteiger partial charge in [-0.15, -0.1) is 0 Å². The third kappa shape index (κ3) is 3.90. The lowest BCUT2D eigenvalue weighted by Crippen LogP contribution is -2.17. The van der Waals surface area contributed by atoms with Crippen molar-refractivity contribution in [3.8, 4) is 5.75 Å². The Morgan fingerprint density at radius 3 is 2.43 bits per heavy atom. The van der Waals surface area contributed by atoms with Crippen molar-refractivity contribution >= 4 is 22.8 Å². The number of ether oxygens (including phenoxy) is 1. The van der Waals surface area contributed by atoms with Crippen molar-refractivity contribution in [2.24, 2.45) is 0 Å². The molecule has 2 aromatic carbocycles. The van der Waals surface area contributed by atoms with Crippen LogP contribution in [-0.2, 0) is 16.0 Å². The summed E-state index contributed by atoms with van der Waals surface area (Å²) in [7, 11) is 0. The van der Waals surface area contributed by atoms with E-state index in [1.165, 1.54) is 0 Å². The van der Waals surface area contributed by atoms with Crippen LogP contribution in [0.4, 0.5) is 13.2 Å². The van der Waals surface area contributed by atoms with Crippen LogP contribution in [-0.4, -0.2) is 27.7 Å². The number of carbonyl (C=O) groups is 2. The highest BCUT2D eigenvalue weighted by Crippen LogP contribution is 2.32. The van der Waals surface area contributed by atoms with Crippen molar-refractivity contribution in [1.82, 2.24) is 4.57 Å². The van der Waals surface area contributed by atoms with E-state index in [0.29, 0.717) is 17.7 Å². The maximum Gasteiger partial charge on any atom is 0.310 e. The summed E-state index contributed by atoms with van der Waals surface area (Å²) in [5.74, 6) is -5.19. The molecule has 30 heavy (non-hydrogen) atoms. The van der Waals surface area contributed by atoms with E-state index in [-0.39, 0.29) is 29.0 Å². The van der Waals surface area contributed by atoms with E-state index in [2.05, 4.69) is 0 Å². The molecule has 0 amide bonds. The van der Waals surface area contributed by atoms with E-state index < -0.39 is 35.1 Å². The van der Waals surface area contributed by atoms with E-state index in [1.54, 1.807) is 13.8 Å². The van der Waals surface area contributed by atoms with Crippen LogP contribution >= 0.6 is 0 Å². The Morgan fingerprint density at radius 1 is 1.10 bits per heavy atom. The lowest BCUT2D eigenvalue weighted by atomic mass is 10.1. The fourth-order valence-electron chi connectivity index (χ4n) is 3.23. The van der Waals surface area contributed by atoms with Gasteiger partial charge in [0.15, 0.2) is 23.2 Å². The monoisotopic (exact) mass is 419 g/mol. The Morgan fingerprint density at radius 2 is 1.80 bits per heavy atom. The zero-order valence-electron chi connectivity index (χ0n) is 16.6. The first-order valence-corrected chi connectivity index (χ1v) is 9.35. The Labute approximate surface area is 170 Å². The molecule has 1 atom stereocenters. The first-order chi connectivity index (χ1) is 14.1. The molecule has 5 nitrogen and oxygen atoms in total. The first-order valence-electron chi connectivity index (χ1n) is 9.35. The number of phenols is 1. The van der Waals surface area contributed by atoms with E-state index >= 15 is 0 Å². The topological polar surface area (TPSA) is 68.5 Å². The summed E-state index contributed by atoms with van der Waals surface area (Å²) >= 11 is 0. The number of nitrogens with zero attached hydrogens (tertiary/aromatic N) is 1. The summed E-state index contributed by atoms with van der Waals surface area (Å²) in [6.07, 6.45) is 0.101. The molecule has 3 aromatic rings. The molecule has 0 aliphatic rings. The molecule has 8 heteroatoms. The number of phenolic OH excluding ortho intramolecular Hbond substituents is 1. The molecule has 1 N–H and O–H groups in total. The fraction of sp³-hybridized carbons (Fsp3) is 0.273. The summed E-state index contributed by atoms with van der Waals surface area (Å²) in [5, 5.41) is 10.1. The van der Waals surface area contributed by atoms with Gasteiger partial charge in [0.05, 0.1) is 18.0 Å². The van der Waals surface area contributed by atoms with E-state index in [9.17, 15) is 27.9 Å². The summed E-state index contributed by atoms with van der Waals surface area (Å²) in [6.45, 7) is 5.14. The SMILES string of the molecule is CCC(C)OC(=O)Cc1c(C)n(C(=O)c2ccc(F)c(F)c2)c2cc(F)c(O)cc12. The van der Waals surface area contributed by atoms with Crippen molar-refractivity contribution in [1.29, 1.82) is 0 Å². The van der Waals surface area contributed by atoms with Gasteiger partial charge < -0.3 is 9.84 Å². The van der Waals surface area contributed by atoms with E-state index in [4.69, 9.17) is 4.74 Å². The maximum atomic E-state index is 14.1. The van der Waals surface area contributed by atoms with Crippen molar-refractivity contribution in [3.63, 3.8) is 0 Å². The summed E-state index contributed by atoms with van der Waals surface area (Å²) in [6, 6.07) is 4.76. The van der Waals surface area contributed by atoms with Gasteiger partial charge in [-0.3, -0.25) is 14.2 Å². The van der Waals surface area contributed by atoms with Crippen LogP contribution in [0.15, 0.2) is 30.3 Å². The minimum absolute atomic E-state index is 0.0869. The molecule has 1 heterocycles. The van der Waals surface area contributed by atoms with Crippen LogP contribution in [0.3, 0.4) is 0 Å². The molecule has 0 saturated carbocycles. The van der Waals surface area contributed by atoms with Gasteiger partial charge in [0.25, 0.3) is 5.91 Å². The van der Waals surface area contributed by atoms with Crippen molar-refractivity contribution in [2.75, 3.05) is 0 Å². The molecule has 158 valence electrons. The van der Waals surface area contributed by atoms with Crippen molar-refractivity contribution in [3.05, 3.63) is 64.6 Å². The summed E-state index contributed by atoms with van der Waals surface area (Å²) in [4.78, 5) is 25.4. The van der Waals surface area contributed by atoms with Gasteiger partial charge >= 0.3 is 5.97 Å². The number of aromatic hydroxyl groups is 1. The molecule has 0 fully saturated rings. The largest absolute Gasteiger partial charge is 0.505 e. The third-order valence-corrected chi connectivity index (χ3v) is 5.00. The minimum atomic E-state index is -1.20. The fourth-order valence-corrected chi connectivity index (χ4v) is 3.23. The second-order valence-electron chi connectivity index (χ2n) is 7.04. The molecular formula is C22H20F3NO4. The van der Waals surface area contributed by atoms with Crippen LogP contribution in [0.1, 0.15) is 41.9 Å². The van der Waals surface area contributed by atoms with Crippen LogP contribution < -0.4 is 0 Å². The van der Waals surface area contributed by atoms with Gasteiger partial charge in [-0.25, -0.2) is 13.2 Å². The normalized spacial score (nSPS) is 12.2. The highest BCUT2D eigenvalue weighted by Gasteiger charge is 2.24. The van der Waals surface area contributed by atoms with E-state index in [1.807, 2.05) is 6.92 Å². The second-order valence-corrected chi connectivity index (χ2v) is 7.04. The lowest BCUT2D eigenvalue weighted by molar-refractivity contribution is -0.147. The Kier molecular flexibility index (Phi) is 5.87. The smallest absolute Gasteiger partial charge is 0.310 e. The molecule has 3 rings (SSSR count). The predicted molar refractivity (Wildman–Crippen MR) is 104 cm³/mol. The highest BCUT2D eigenvalue weighted by molar-refractivity contribution is 6.05. The molecule has 1 aromatic heterocycles. The van der Waals surface area contributed by atoms with Gasteiger partial charge in [0, 0.05) is 22.7 Å². The summed E-state index contributed by atoms with van der Waals surface area (Å²) < 4.78 is 47.3. The number of benzene rings is 2. The van der Waals surface area contributed by atoms with Crippen molar-refractivity contribution in [2.45, 2.75) is 39.7 Å². The third-order valence-electron chi connectivity index (χ3n) is 5.00. The predicted octanol–water partition coefficient (Wildman–Crippen LogP) is 4.65. The molecule has 0 radical (unpaired) electrons. The highest BCUT2D eigenvalue weighted by atomic mass is 19.2. The number of hydrogen-bond acceptors (Lipinski definition) is 4. The first kappa shape index (κ1) is 21.4. The minimum Gasteiger partial charge on any atom is -0.505 e. The van der Waals surface area contributed by atoms with Crippen molar-refractivity contribution < 1.29 is 32.6 Å². The molecule has 0 saturated heterocycles. The number of fused-ring (bicyclic) bond motifs is 1. The molecule has 0 aliphatic heterocycles. The quantitative estimate of drug-likeness (QED) is 0.612. The Bertz CT molecular complexity index is 1150. The molecule has 1 unspecified atom stereocenters. The molecule has 0 bridgehead atoms. The average molecular weight is 419 g/mol. The van der Waals surface area contributed by atoms with Crippen LogP contribution in [0.5, 0.6) is 5.75 Å². The van der Waals surface area contributed by atoms with Gasteiger partial charge in [-0.1, -0.05) is 6.92 Å². The number of rotatable bonds is 5. The van der Waals surface area contributed by atoms with Gasteiger partial charge in [-0.2, -0.15) is 0 Å². The standard InChI is InChI=1S/C22H20F3NO4/c1-4-11(2)30-21(28)9-14-12(3)26(19-10-18(25)20(27)8-15(14)19)22(29)13-5-6-16(23)17(24)7-13/h5-8,10-11,27H,4,9H2,1-3H3.